The fourth-order valence-electron chi connectivity index (χ4n) is 3.55. The van der Waals surface area contributed by atoms with Gasteiger partial charge in [0.15, 0.2) is 0 Å². The highest BCUT2D eigenvalue weighted by molar-refractivity contribution is 5.91. The number of carbonyl (C=O) groups excluding carboxylic acids is 3. The summed E-state index contributed by atoms with van der Waals surface area (Å²) in [5.74, 6) is -0.798. The van der Waals surface area contributed by atoms with Crippen LogP contribution in [-0.2, 0) is 20.8 Å². The van der Waals surface area contributed by atoms with E-state index in [1.165, 1.54) is 6.92 Å². The second-order valence-electron chi connectivity index (χ2n) is 6.61. The fourth-order valence-corrected chi connectivity index (χ4v) is 3.55. The quantitative estimate of drug-likeness (QED) is 0.860. The van der Waals surface area contributed by atoms with Crippen molar-refractivity contribution in [2.45, 2.75) is 25.4 Å². The van der Waals surface area contributed by atoms with Crippen LogP contribution in [0.15, 0.2) is 54.6 Å². The number of carbonyl (C=O) groups is 3. The molecule has 27 heavy (non-hydrogen) atoms. The Kier molecular flexibility index (Phi) is 5.54. The minimum atomic E-state index is -0.706. The van der Waals surface area contributed by atoms with Gasteiger partial charge in [0.2, 0.25) is 17.7 Å². The van der Waals surface area contributed by atoms with Crippen molar-refractivity contribution in [2.75, 3.05) is 13.6 Å². The van der Waals surface area contributed by atoms with Gasteiger partial charge in [0, 0.05) is 20.4 Å². The lowest BCUT2D eigenvalue weighted by atomic mass is 9.93. The van der Waals surface area contributed by atoms with Gasteiger partial charge < -0.3 is 15.5 Å². The van der Waals surface area contributed by atoms with Crippen LogP contribution < -0.4 is 10.6 Å². The molecule has 6 heteroatoms. The summed E-state index contributed by atoms with van der Waals surface area (Å²) in [6, 6.07) is 16.3. The third-order valence-electron chi connectivity index (χ3n) is 4.75. The Morgan fingerprint density at radius 3 is 2.41 bits per heavy atom. The average molecular weight is 365 g/mol. The van der Waals surface area contributed by atoms with Crippen LogP contribution in [0.25, 0.3) is 0 Å². The number of nitrogens with zero attached hydrogens (tertiary/aromatic N) is 1. The van der Waals surface area contributed by atoms with E-state index in [9.17, 15) is 14.4 Å². The Hall–Kier alpha value is -3.15. The molecule has 1 aliphatic rings. The van der Waals surface area contributed by atoms with Gasteiger partial charge in [-0.1, -0.05) is 54.6 Å². The van der Waals surface area contributed by atoms with Crippen molar-refractivity contribution >= 4 is 17.7 Å². The van der Waals surface area contributed by atoms with E-state index in [2.05, 4.69) is 10.6 Å². The van der Waals surface area contributed by atoms with Crippen LogP contribution in [0.1, 0.15) is 29.7 Å². The van der Waals surface area contributed by atoms with Crippen LogP contribution in [0.3, 0.4) is 0 Å². The number of rotatable bonds is 4. The molecule has 0 aromatic heterocycles. The number of nitrogens with one attached hydrogen (secondary N) is 2. The molecule has 2 atom stereocenters. The molecule has 2 N–H and O–H groups in total. The molecular weight excluding hydrogens is 342 g/mol. The average Bonchev–Trinajstić information content (AvgIpc) is 2.77. The minimum Gasteiger partial charge on any atom is -0.358 e. The molecule has 1 aliphatic heterocycles. The van der Waals surface area contributed by atoms with Crippen LogP contribution in [0, 0.1) is 0 Å². The zero-order valence-corrected chi connectivity index (χ0v) is 15.4. The number of likely N-dealkylation sites (N-methyl/N-ethyl adjacent to an activating group) is 1. The molecule has 0 unspecified atom stereocenters. The van der Waals surface area contributed by atoms with E-state index in [0.717, 1.165) is 16.7 Å². The first kappa shape index (κ1) is 18.6. The Morgan fingerprint density at radius 1 is 1.07 bits per heavy atom. The van der Waals surface area contributed by atoms with Gasteiger partial charge >= 0.3 is 0 Å². The highest BCUT2D eigenvalue weighted by Gasteiger charge is 2.37. The van der Waals surface area contributed by atoms with E-state index in [0.29, 0.717) is 6.42 Å². The summed E-state index contributed by atoms with van der Waals surface area (Å²) in [6.07, 6.45) is 0.391. The summed E-state index contributed by atoms with van der Waals surface area (Å²) < 4.78 is 0. The Labute approximate surface area is 158 Å². The van der Waals surface area contributed by atoms with Gasteiger partial charge in [0.05, 0.1) is 6.04 Å². The molecule has 0 fully saturated rings. The molecular formula is C21H23N3O3. The third-order valence-corrected chi connectivity index (χ3v) is 4.75. The van der Waals surface area contributed by atoms with E-state index in [4.69, 9.17) is 0 Å². The largest absolute Gasteiger partial charge is 0.358 e. The minimum absolute atomic E-state index is 0.0840. The van der Waals surface area contributed by atoms with Gasteiger partial charge in [-0.3, -0.25) is 14.4 Å². The first-order chi connectivity index (χ1) is 13.0. The van der Waals surface area contributed by atoms with Crippen LogP contribution in [0.5, 0.6) is 0 Å². The first-order valence-corrected chi connectivity index (χ1v) is 8.92. The maximum Gasteiger partial charge on any atom is 0.246 e. The third kappa shape index (κ3) is 4.00. The number of hydrogen-bond donors (Lipinski definition) is 2. The predicted molar refractivity (Wildman–Crippen MR) is 102 cm³/mol. The monoisotopic (exact) mass is 365 g/mol. The lowest BCUT2D eigenvalue weighted by molar-refractivity contribution is -0.140. The second-order valence-corrected chi connectivity index (χ2v) is 6.61. The zero-order valence-electron chi connectivity index (χ0n) is 15.4. The Balaban J connectivity index is 2.15. The fraction of sp³-hybridized carbons (Fsp3) is 0.286. The number of hydrogen-bond acceptors (Lipinski definition) is 3. The molecule has 3 amide bonds. The summed E-state index contributed by atoms with van der Waals surface area (Å²) in [5.41, 5.74) is 2.87. The Bertz CT molecular complexity index is 851. The van der Waals surface area contributed by atoms with Gasteiger partial charge in [-0.05, 0) is 16.7 Å². The molecule has 0 bridgehead atoms. The smallest absolute Gasteiger partial charge is 0.246 e. The molecule has 0 saturated carbocycles. The van der Waals surface area contributed by atoms with Crippen molar-refractivity contribution in [3.8, 4) is 0 Å². The van der Waals surface area contributed by atoms with Crippen LogP contribution >= 0.6 is 0 Å². The SMILES string of the molecule is CNC(=O)CN1C(=O)[C@@H](NC(C)=O)Cc2ccccc2[C@@H]1c1ccccc1. The van der Waals surface area contributed by atoms with E-state index in [1.807, 2.05) is 54.6 Å². The van der Waals surface area contributed by atoms with Crippen molar-refractivity contribution < 1.29 is 14.4 Å². The van der Waals surface area contributed by atoms with Gasteiger partial charge in [-0.25, -0.2) is 0 Å². The predicted octanol–water partition coefficient (Wildman–Crippen LogP) is 1.41. The van der Waals surface area contributed by atoms with Crippen molar-refractivity contribution in [1.82, 2.24) is 15.5 Å². The van der Waals surface area contributed by atoms with E-state index < -0.39 is 12.1 Å². The van der Waals surface area contributed by atoms with Crippen molar-refractivity contribution in [2.24, 2.45) is 0 Å². The molecule has 6 nitrogen and oxygen atoms in total. The van der Waals surface area contributed by atoms with Gasteiger partial charge in [-0.15, -0.1) is 0 Å². The Morgan fingerprint density at radius 2 is 1.74 bits per heavy atom. The number of benzene rings is 2. The van der Waals surface area contributed by atoms with Crippen molar-refractivity contribution in [3.05, 3.63) is 71.3 Å². The van der Waals surface area contributed by atoms with Crippen LogP contribution in [-0.4, -0.2) is 42.3 Å². The van der Waals surface area contributed by atoms with Gasteiger partial charge in [-0.2, -0.15) is 0 Å². The number of fused-ring (bicyclic) bond motifs is 1. The summed E-state index contributed by atoms with van der Waals surface area (Å²) in [5, 5.41) is 5.33. The summed E-state index contributed by atoms with van der Waals surface area (Å²) in [6.45, 7) is 1.31. The van der Waals surface area contributed by atoms with E-state index >= 15 is 0 Å². The van der Waals surface area contributed by atoms with Crippen LogP contribution in [0.2, 0.25) is 0 Å². The highest BCUT2D eigenvalue weighted by atomic mass is 16.2. The van der Waals surface area contributed by atoms with Crippen molar-refractivity contribution in [1.29, 1.82) is 0 Å². The molecule has 3 rings (SSSR count). The topological polar surface area (TPSA) is 78.5 Å². The summed E-state index contributed by atoms with van der Waals surface area (Å²) in [4.78, 5) is 38.7. The maximum absolute atomic E-state index is 13.3. The number of amides is 3. The van der Waals surface area contributed by atoms with Gasteiger partial charge in [0.1, 0.15) is 12.6 Å². The lowest BCUT2D eigenvalue weighted by Crippen LogP contribution is -2.51. The molecule has 0 radical (unpaired) electrons. The van der Waals surface area contributed by atoms with Crippen molar-refractivity contribution in [3.63, 3.8) is 0 Å². The lowest BCUT2D eigenvalue weighted by Gasteiger charge is -2.32. The maximum atomic E-state index is 13.3. The summed E-state index contributed by atoms with van der Waals surface area (Å²) >= 11 is 0. The molecule has 0 spiro atoms. The van der Waals surface area contributed by atoms with E-state index in [1.54, 1.807) is 11.9 Å². The van der Waals surface area contributed by atoms with Gasteiger partial charge in [0.25, 0.3) is 0 Å². The second kappa shape index (κ2) is 8.03. The molecule has 1 heterocycles. The van der Waals surface area contributed by atoms with E-state index in [-0.39, 0.29) is 24.3 Å². The van der Waals surface area contributed by atoms with Crippen LogP contribution in [0.4, 0.5) is 0 Å². The normalized spacial score (nSPS) is 19.0. The molecule has 2 aromatic carbocycles. The molecule has 2 aromatic rings. The summed E-state index contributed by atoms with van der Waals surface area (Å²) in [7, 11) is 1.54. The highest BCUT2D eigenvalue weighted by Crippen LogP contribution is 2.34. The standard InChI is InChI=1S/C21H23N3O3/c1-14(25)23-18-12-16-10-6-7-11-17(16)20(15-8-4-3-5-9-15)24(21(18)27)13-19(26)22-2/h3-11,18,20H,12-13H2,1-2H3,(H,22,26)(H,23,25)/t18-,20-/m0/s1. The molecule has 140 valence electrons. The zero-order chi connectivity index (χ0) is 19.4. The molecule has 0 aliphatic carbocycles. The molecule has 0 saturated heterocycles. The first-order valence-electron chi connectivity index (χ1n) is 8.92.